The lowest BCUT2D eigenvalue weighted by molar-refractivity contribution is -0.137. The fourth-order valence-electron chi connectivity index (χ4n) is 4.73. The molecule has 2 heterocycles. The lowest BCUT2D eigenvalue weighted by Gasteiger charge is -2.34. The summed E-state index contributed by atoms with van der Waals surface area (Å²) >= 11 is 0. The van der Waals surface area contributed by atoms with Gasteiger partial charge in [0.25, 0.3) is 0 Å². The summed E-state index contributed by atoms with van der Waals surface area (Å²) in [7, 11) is 1.48. The molecule has 1 aliphatic heterocycles. The predicted molar refractivity (Wildman–Crippen MR) is 138 cm³/mol. The first-order valence-corrected chi connectivity index (χ1v) is 12.4. The first kappa shape index (κ1) is 28.5. The Labute approximate surface area is 222 Å². The molecule has 1 atom stereocenters. The van der Waals surface area contributed by atoms with Crippen LogP contribution in [0.1, 0.15) is 41.2 Å². The number of β-amino-alcohol motifs (C(OH)–C–C–N with tert-alkyl or cyclic N) is 1. The number of aliphatic carboxylic acids is 1. The number of rotatable bonds is 9. The van der Waals surface area contributed by atoms with Gasteiger partial charge in [0.1, 0.15) is 5.82 Å². The van der Waals surface area contributed by atoms with E-state index in [0.29, 0.717) is 60.4 Å². The number of nitrogens with zero attached hydrogens (tertiary/aromatic N) is 2. The van der Waals surface area contributed by atoms with Crippen LogP contribution in [0.25, 0.3) is 17.0 Å². The van der Waals surface area contributed by atoms with Gasteiger partial charge in [0, 0.05) is 47.8 Å². The molecule has 0 radical (unpaired) electrons. The highest BCUT2D eigenvalue weighted by molar-refractivity contribution is 5.94. The molecule has 3 aromatic rings. The van der Waals surface area contributed by atoms with Crippen LogP contribution in [0.3, 0.4) is 0 Å². The second-order valence-corrected chi connectivity index (χ2v) is 9.44. The van der Waals surface area contributed by atoms with Crippen LogP contribution >= 0.6 is 0 Å². The van der Waals surface area contributed by atoms with Crippen molar-refractivity contribution in [2.75, 3.05) is 26.7 Å². The van der Waals surface area contributed by atoms with Crippen molar-refractivity contribution in [3.05, 3.63) is 76.6 Å². The number of hydrogen-bond acceptors (Lipinski definition) is 6. The maximum atomic E-state index is 14.1. The van der Waals surface area contributed by atoms with Crippen LogP contribution in [-0.4, -0.2) is 58.9 Å². The van der Waals surface area contributed by atoms with E-state index >= 15 is 0 Å². The van der Waals surface area contributed by atoms with Gasteiger partial charge < -0.3 is 25.2 Å². The number of aliphatic hydroxyl groups is 1. The second-order valence-electron chi connectivity index (χ2n) is 9.44. The lowest BCUT2D eigenvalue weighted by atomic mass is 9.98. The Hall–Kier alpha value is -3.54. The molecular weight excluding hydrogens is 518 g/mol. The quantitative estimate of drug-likeness (QED) is 0.262. The van der Waals surface area contributed by atoms with Crippen LogP contribution in [0.15, 0.2) is 48.5 Å². The van der Waals surface area contributed by atoms with E-state index < -0.39 is 29.6 Å². The molecule has 3 N–H and O–H groups in total. The van der Waals surface area contributed by atoms with Crippen LogP contribution in [0.2, 0.25) is 0 Å². The molecule has 1 aromatic heterocycles. The van der Waals surface area contributed by atoms with Crippen LogP contribution < -0.4 is 10.1 Å². The molecule has 1 fully saturated rings. The molecule has 1 aliphatic rings. The minimum absolute atomic E-state index is 0.000556. The Morgan fingerprint density at radius 1 is 1.21 bits per heavy atom. The van der Waals surface area contributed by atoms with Crippen molar-refractivity contribution in [1.82, 2.24) is 15.2 Å². The fraction of sp³-hybridized carbons (Fsp3) is 0.357. The standard InChI is InChI=1S/C28H29F4N3O4/c1-39-25-8-6-21-17(3-9-26(37)38)2-5-22(27(21)34-25)24(36)16-35-12-10-20(11-13-35)33-15-18-14-19(28(30,31)32)4-7-23(18)29/h2-9,14,20,24,33,36H,10-13,15-16H2,1H3,(H,37,38)/b9-3+. The number of fused-ring (bicyclic) bond motifs is 1. The number of aromatic nitrogens is 1. The zero-order valence-electron chi connectivity index (χ0n) is 21.2. The van der Waals surface area contributed by atoms with E-state index in [9.17, 15) is 27.5 Å². The summed E-state index contributed by atoms with van der Waals surface area (Å²) in [5.74, 6) is -1.40. The number of piperidine rings is 1. The van der Waals surface area contributed by atoms with Gasteiger partial charge in [-0.05, 0) is 61.8 Å². The SMILES string of the molecule is COc1ccc2c(/C=C/C(=O)O)ccc(C(O)CN3CCC(NCc4cc(C(F)(F)F)ccc4F)CC3)c2n1. The summed E-state index contributed by atoms with van der Waals surface area (Å²) in [6.45, 7) is 1.58. The molecule has 208 valence electrons. The van der Waals surface area contributed by atoms with Crippen molar-refractivity contribution >= 4 is 22.9 Å². The largest absolute Gasteiger partial charge is 0.481 e. The average molecular weight is 548 g/mol. The number of aliphatic hydroxyl groups excluding tert-OH is 1. The number of carbonyl (C=O) groups is 1. The molecule has 11 heteroatoms. The van der Waals surface area contributed by atoms with Crippen molar-refractivity contribution in [3.8, 4) is 5.88 Å². The fourth-order valence-corrected chi connectivity index (χ4v) is 4.73. The smallest absolute Gasteiger partial charge is 0.416 e. The van der Waals surface area contributed by atoms with Crippen LogP contribution in [0, 0.1) is 5.82 Å². The molecule has 2 aromatic carbocycles. The number of halogens is 4. The van der Waals surface area contributed by atoms with E-state index in [1.165, 1.54) is 13.2 Å². The number of nitrogens with one attached hydrogen (secondary N) is 1. The molecule has 1 unspecified atom stereocenters. The zero-order chi connectivity index (χ0) is 28.2. The molecule has 0 saturated carbocycles. The summed E-state index contributed by atoms with van der Waals surface area (Å²) in [6.07, 6.45) is -1.55. The van der Waals surface area contributed by atoms with Crippen molar-refractivity contribution < 1.29 is 37.3 Å². The molecule has 0 aliphatic carbocycles. The number of likely N-dealkylation sites (tertiary alicyclic amines) is 1. The second kappa shape index (κ2) is 12.1. The van der Waals surface area contributed by atoms with Crippen molar-refractivity contribution in [2.45, 2.75) is 37.7 Å². The number of alkyl halides is 3. The third-order valence-electron chi connectivity index (χ3n) is 6.84. The van der Waals surface area contributed by atoms with Gasteiger partial charge >= 0.3 is 12.1 Å². The highest BCUT2D eigenvalue weighted by Gasteiger charge is 2.31. The molecule has 4 rings (SSSR count). The third kappa shape index (κ3) is 7.11. The summed E-state index contributed by atoms with van der Waals surface area (Å²) in [5, 5.41) is 23.9. The summed E-state index contributed by atoms with van der Waals surface area (Å²) in [6, 6.07) is 9.30. The van der Waals surface area contributed by atoms with Crippen LogP contribution in [-0.2, 0) is 17.5 Å². The van der Waals surface area contributed by atoms with Gasteiger partial charge in [0.05, 0.1) is 24.3 Å². The Morgan fingerprint density at radius 3 is 2.62 bits per heavy atom. The Bertz CT molecular complexity index is 1350. The zero-order valence-corrected chi connectivity index (χ0v) is 21.2. The number of methoxy groups -OCH3 is 1. The third-order valence-corrected chi connectivity index (χ3v) is 6.84. The van der Waals surface area contributed by atoms with Crippen LogP contribution in [0.5, 0.6) is 5.88 Å². The Balaban J connectivity index is 1.39. The topological polar surface area (TPSA) is 94.9 Å². The summed E-state index contributed by atoms with van der Waals surface area (Å²) in [5.41, 5.74) is 0.822. The molecule has 0 amide bonds. The average Bonchev–Trinajstić information content (AvgIpc) is 2.90. The van der Waals surface area contributed by atoms with E-state index in [2.05, 4.69) is 15.2 Å². The van der Waals surface area contributed by atoms with Gasteiger partial charge in [0.15, 0.2) is 0 Å². The maximum Gasteiger partial charge on any atom is 0.416 e. The molecule has 39 heavy (non-hydrogen) atoms. The summed E-state index contributed by atoms with van der Waals surface area (Å²) < 4.78 is 58.2. The molecule has 0 bridgehead atoms. The number of ether oxygens (including phenoxy) is 1. The van der Waals surface area contributed by atoms with Gasteiger partial charge in [-0.25, -0.2) is 14.2 Å². The van der Waals surface area contributed by atoms with Gasteiger partial charge in [-0.1, -0.05) is 12.1 Å². The molecule has 1 saturated heterocycles. The minimum atomic E-state index is -4.53. The van der Waals surface area contributed by atoms with Crippen molar-refractivity contribution in [3.63, 3.8) is 0 Å². The van der Waals surface area contributed by atoms with E-state index in [4.69, 9.17) is 9.84 Å². The van der Waals surface area contributed by atoms with Crippen molar-refractivity contribution in [2.24, 2.45) is 0 Å². The normalized spacial score (nSPS) is 16.2. The Morgan fingerprint density at radius 2 is 1.95 bits per heavy atom. The first-order chi connectivity index (χ1) is 18.5. The number of pyridine rings is 1. The highest BCUT2D eigenvalue weighted by Crippen LogP contribution is 2.31. The summed E-state index contributed by atoms with van der Waals surface area (Å²) in [4.78, 5) is 17.6. The molecule has 7 nitrogen and oxygen atoms in total. The maximum absolute atomic E-state index is 14.1. The Kier molecular flexibility index (Phi) is 8.83. The minimum Gasteiger partial charge on any atom is -0.481 e. The van der Waals surface area contributed by atoms with Crippen LogP contribution in [0.4, 0.5) is 17.6 Å². The number of hydrogen-bond donors (Lipinski definition) is 3. The molecule has 0 spiro atoms. The van der Waals surface area contributed by atoms with E-state index in [1.807, 2.05) is 0 Å². The number of benzene rings is 2. The van der Waals surface area contributed by atoms with Gasteiger partial charge in [0.2, 0.25) is 5.88 Å². The van der Waals surface area contributed by atoms with E-state index in [-0.39, 0.29) is 18.2 Å². The first-order valence-electron chi connectivity index (χ1n) is 12.4. The monoisotopic (exact) mass is 547 g/mol. The van der Waals surface area contributed by atoms with Gasteiger partial charge in [-0.15, -0.1) is 0 Å². The molecular formula is C28H29F4N3O4. The lowest BCUT2D eigenvalue weighted by Crippen LogP contribution is -2.43. The van der Waals surface area contributed by atoms with Crippen molar-refractivity contribution in [1.29, 1.82) is 0 Å². The van der Waals surface area contributed by atoms with Gasteiger partial charge in [-0.2, -0.15) is 13.2 Å². The van der Waals surface area contributed by atoms with E-state index in [1.54, 1.807) is 24.3 Å². The number of carboxylic acid groups (broad SMARTS) is 1. The number of carboxylic acids is 1. The predicted octanol–water partition coefficient (Wildman–Crippen LogP) is 4.79. The van der Waals surface area contributed by atoms with E-state index in [0.717, 1.165) is 24.3 Å². The highest BCUT2D eigenvalue weighted by atomic mass is 19.4. The van der Waals surface area contributed by atoms with Gasteiger partial charge in [-0.3, -0.25) is 0 Å².